The summed E-state index contributed by atoms with van der Waals surface area (Å²) in [5, 5.41) is 27.8. The molecule has 0 rings (SSSR count). The largest absolute Gasteiger partial charge is 0.513 e. The first kappa shape index (κ1) is 22.0. The maximum atomic E-state index is 10.4. The molecule has 0 aliphatic heterocycles. The first-order valence-corrected chi connectivity index (χ1v) is 8.84. The minimum atomic E-state index is -0.843. The minimum Gasteiger partial charge on any atom is -0.513 e. The number of unbranched alkanes of at least 4 members (excludes halogenated alkanes) is 3. The molecule has 136 valence electrons. The average Bonchev–Trinajstić information content (AvgIpc) is 2.53. The van der Waals surface area contributed by atoms with Crippen molar-refractivity contribution in [3.05, 3.63) is 48.0 Å². The van der Waals surface area contributed by atoms with Gasteiger partial charge in [-0.2, -0.15) is 0 Å². The Balaban J connectivity index is 3.79. The molecule has 4 nitrogen and oxygen atoms in total. The van der Waals surface area contributed by atoms with Gasteiger partial charge in [-0.25, -0.2) is 0 Å². The first-order valence-electron chi connectivity index (χ1n) is 8.84. The van der Waals surface area contributed by atoms with Gasteiger partial charge in [0.05, 0.1) is 11.5 Å². The zero-order chi connectivity index (χ0) is 18.0. The lowest BCUT2D eigenvalue weighted by Gasteiger charge is -1.97. The van der Waals surface area contributed by atoms with Crippen molar-refractivity contribution < 1.29 is 20.1 Å². The van der Waals surface area contributed by atoms with Crippen LogP contribution in [-0.2, 0) is 4.79 Å². The Bertz CT molecular complexity index is 445. The topological polar surface area (TPSA) is 77.8 Å². The fourth-order valence-electron chi connectivity index (χ4n) is 2.04. The van der Waals surface area contributed by atoms with Crippen LogP contribution >= 0.6 is 0 Å². The number of carboxylic acid groups (broad SMARTS) is 1. The number of rotatable bonds is 14. The van der Waals surface area contributed by atoms with Crippen molar-refractivity contribution in [3.8, 4) is 0 Å². The lowest BCUT2D eigenvalue weighted by Crippen LogP contribution is -1.94. The molecule has 0 heterocycles. The molecule has 24 heavy (non-hydrogen) atoms. The number of carbonyl (C=O) groups is 1. The van der Waals surface area contributed by atoms with Gasteiger partial charge in [0.1, 0.15) is 0 Å². The van der Waals surface area contributed by atoms with Crippen LogP contribution in [0.3, 0.4) is 0 Å². The lowest BCUT2D eigenvalue weighted by atomic mass is 10.2. The van der Waals surface area contributed by atoms with Crippen LogP contribution in [0.25, 0.3) is 0 Å². The Labute approximate surface area is 145 Å². The highest BCUT2D eigenvalue weighted by molar-refractivity contribution is 5.66. The minimum absolute atomic E-state index is 0.0743. The summed E-state index contributed by atoms with van der Waals surface area (Å²) in [5.74, 6) is -0.240. The average molecular weight is 336 g/mol. The van der Waals surface area contributed by atoms with Crippen LogP contribution in [0.15, 0.2) is 48.0 Å². The third kappa shape index (κ3) is 16.4. The SMILES string of the molecule is CCCCC/C=C\C/C(O)=C\C/C=C\C/C=C(/O)CCCC(=O)O. The predicted octanol–water partition coefficient (Wildman–Crippen LogP) is 5.99. The molecule has 0 saturated carbocycles. The van der Waals surface area contributed by atoms with Crippen LogP contribution in [0.4, 0.5) is 0 Å². The highest BCUT2D eigenvalue weighted by Gasteiger charge is 1.98. The number of aliphatic carboxylic acids is 1. The van der Waals surface area contributed by atoms with Crippen LogP contribution in [0.5, 0.6) is 0 Å². The van der Waals surface area contributed by atoms with Crippen molar-refractivity contribution in [2.75, 3.05) is 0 Å². The van der Waals surface area contributed by atoms with Gasteiger partial charge in [-0.3, -0.25) is 4.79 Å². The number of aliphatic hydroxyl groups excluding tert-OH is 2. The van der Waals surface area contributed by atoms with E-state index < -0.39 is 5.97 Å². The molecule has 0 spiro atoms. The van der Waals surface area contributed by atoms with Crippen molar-refractivity contribution in [2.45, 2.75) is 71.1 Å². The number of hydrogen-bond donors (Lipinski definition) is 3. The maximum absolute atomic E-state index is 10.4. The highest BCUT2D eigenvalue weighted by Crippen LogP contribution is 2.07. The normalized spacial score (nSPS) is 13.2. The van der Waals surface area contributed by atoms with Gasteiger partial charge in [-0.15, -0.1) is 0 Å². The number of aliphatic hydroxyl groups is 2. The Morgan fingerprint density at radius 1 is 0.792 bits per heavy atom. The van der Waals surface area contributed by atoms with Gasteiger partial charge in [0.25, 0.3) is 0 Å². The molecule has 0 atom stereocenters. The van der Waals surface area contributed by atoms with E-state index in [0.717, 1.165) is 6.42 Å². The second-order valence-corrected chi connectivity index (χ2v) is 5.75. The van der Waals surface area contributed by atoms with Crippen molar-refractivity contribution >= 4 is 5.97 Å². The molecule has 0 unspecified atom stereocenters. The second kappa shape index (κ2) is 15.9. The van der Waals surface area contributed by atoms with Gasteiger partial charge in [-0.05, 0) is 44.3 Å². The van der Waals surface area contributed by atoms with E-state index in [0.29, 0.717) is 37.9 Å². The zero-order valence-electron chi connectivity index (χ0n) is 14.8. The van der Waals surface area contributed by atoms with Gasteiger partial charge in [-0.1, -0.05) is 44.1 Å². The standard InChI is InChI=1S/C20H32O4/c1-2-3-4-5-6-9-13-18(21)14-10-7-8-11-15-19(22)16-12-17-20(23)24/h6-9,14-15,21-22H,2-5,10-13,16-17H2,1H3,(H,23,24)/b8-7-,9-6-,18-14+,19-15+. The molecule has 0 aromatic rings. The summed E-state index contributed by atoms with van der Waals surface area (Å²) in [6.07, 6.45) is 18.9. The Kier molecular flexibility index (Phi) is 14.6. The van der Waals surface area contributed by atoms with Crippen LogP contribution in [0.2, 0.25) is 0 Å². The number of carboxylic acids is 1. The van der Waals surface area contributed by atoms with Gasteiger partial charge >= 0.3 is 5.97 Å². The summed E-state index contributed by atoms with van der Waals surface area (Å²) in [7, 11) is 0. The van der Waals surface area contributed by atoms with Gasteiger partial charge < -0.3 is 15.3 Å². The number of allylic oxidation sites excluding steroid dienone is 7. The van der Waals surface area contributed by atoms with Crippen molar-refractivity contribution in [2.24, 2.45) is 0 Å². The molecule has 0 saturated heterocycles. The molecule has 0 radical (unpaired) electrons. The van der Waals surface area contributed by atoms with E-state index in [-0.39, 0.29) is 12.2 Å². The first-order chi connectivity index (χ1) is 11.6. The van der Waals surface area contributed by atoms with Crippen molar-refractivity contribution in [1.29, 1.82) is 0 Å². The molecule has 4 heteroatoms. The molecular formula is C20H32O4. The van der Waals surface area contributed by atoms with E-state index in [1.54, 1.807) is 12.2 Å². The third-order valence-electron chi connectivity index (χ3n) is 3.44. The Morgan fingerprint density at radius 3 is 2.08 bits per heavy atom. The molecule has 0 aliphatic rings. The summed E-state index contributed by atoms with van der Waals surface area (Å²) in [6, 6.07) is 0. The summed E-state index contributed by atoms with van der Waals surface area (Å²) in [6.45, 7) is 2.18. The predicted molar refractivity (Wildman–Crippen MR) is 99.2 cm³/mol. The maximum Gasteiger partial charge on any atom is 0.303 e. The fraction of sp³-hybridized carbons (Fsp3) is 0.550. The van der Waals surface area contributed by atoms with Crippen LogP contribution in [0.1, 0.15) is 71.1 Å². The summed E-state index contributed by atoms with van der Waals surface area (Å²) in [4.78, 5) is 10.4. The van der Waals surface area contributed by atoms with E-state index in [2.05, 4.69) is 13.0 Å². The zero-order valence-corrected chi connectivity index (χ0v) is 14.8. The molecule has 0 fully saturated rings. The molecule has 0 aromatic heterocycles. The van der Waals surface area contributed by atoms with Crippen LogP contribution < -0.4 is 0 Å². The van der Waals surface area contributed by atoms with Gasteiger partial charge in [0.2, 0.25) is 0 Å². The molecule has 0 aliphatic carbocycles. The fourth-order valence-corrected chi connectivity index (χ4v) is 2.04. The summed E-state index contributed by atoms with van der Waals surface area (Å²) >= 11 is 0. The second-order valence-electron chi connectivity index (χ2n) is 5.75. The summed E-state index contributed by atoms with van der Waals surface area (Å²) in [5.41, 5.74) is 0. The molecular weight excluding hydrogens is 304 g/mol. The molecule has 0 aromatic carbocycles. The van der Waals surface area contributed by atoms with Gasteiger partial charge in [0.15, 0.2) is 0 Å². The van der Waals surface area contributed by atoms with E-state index in [1.165, 1.54) is 19.3 Å². The third-order valence-corrected chi connectivity index (χ3v) is 3.44. The van der Waals surface area contributed by atoms with Crippen LogP contribution in [-0.4, -0.2) is 21.3 Å². The van der Waals surface area contributed by atoms with E-state index in [1.807, 2.05) is 18.2 Å². The summed E-state index contributed by atoms with van der Waals surface area (Å²) < 4.78 is 0. The van der Waals surface area contributed by atoms with Crippen molar-refractivity contribution in [1.82, 2.24) is 0 Å². The van der Waals surface area contributed by atoms with E-state index in [9.17, 15) is 15.0 Å². The Morgan fingerprint density at radius 2 is 1.46 bits per heavy atom. The van der Waals surface area contributed by atoms with E-state index in [4.69, 9.17) is 5.11 Å². The lowest BCUT2D eigenvalue weighted by molar-refractivity contribution is -0.137. The number of hydrogen-bond acceptors (Lipinski definition) is 3. The molecule has 0 amide bonds. The Hall–Kier alpha value is -1.97. The molecule has 3 N–H and O–H groups in total. The monoisotopic (exact) mass is 336 g/mol. The van der Waals surface area contributed by atoms with E-state index >= 15 is 0 Å². The molecule has 0 bridgehead atoms. The highest BCUT2D eigenvalue weighted by atomic mass is 16.4. The van der Waals surface area contributed by atoms with Gasteiger partial charge in [0, 0.05) is 19.3 Å². The quantitative estimate of drug-likeness (QED) is 0.207. The van der Waals surface area contributed by atoms with Crippen LogP contribution in [0, 0.1) is 0 Å². The smallest absolute Gasteiger partial charge is 0.303 e. The van der Waals surface area contributed by atoms with Crippen molar-refractivity contribution in [3.63, 3.8) is 0 Å².